The van der Waals surface area contributed by atoms with Gasteiger partial charge in [0.05, 0.1) is 19.4 Å². The molecule has 0 aromatic carbocycles. The molecule has 0 aromatic rings. The molecule has 0 radical (unpaired) electrons. The third-order valence-corrected chi connectivity index (χ3v) is 3.38. The van der Waals surface area contributed by atoms with E-state index in [9.17, 15) is 0 Å². The zero-order chi connectivity index (χ0) is 23.6. The molecule has 31 heavy (non-hydrogen) atoms. The Morgan fingerprint density at radius 1 is 0.774 bits per heavy atom. The first kappa shape index (κ1) is 37.7. The summed E-state index contributed by atoms with van der Waals surface area (Å²) in [7, 11) is 0. The molecule has 1 aliphatic heterocycles. The van der Waals surface area contributed by atoms with Crippen molar-refractivity contribution in [3.8, 4) is 0 Å². The molecule has 0 saturated heterocycles. The van der Waals surface area contributed by atoms with Gasteiger partial charge in [0.2, 0.25) is 0 Å². The van der Waals surface area contributed by atoms with Crippen molar-refractivity contribution in [2.24, 2.45) is 10.9 Å². The molecule has 1 rings (SSSR count). The largest absolute Gasteiger partial charge is 4.00 e. The number of hydrogen-bond acceptors (Lipinski definition) is 3. The van der Waals surface area contributed by atoms with Crippen LogP contribution in [0.1, 0.15) is 69.2 Å². The van der Waals surface area contributed by atoms with Gasteiger partial charge in [0.15, 0.2) is 5.90 Å². The summed E-state index contributed by atoms with van der Waals surface area (Å²) >= 11 is 0. The molecule has 1 atom stereocenters. The Bertz CT molecular complexity index is 374. The van der Waals surface area contributed by atoms with Gasteiger partial charge in [0.25, 0.3) is 0 Å². The van der Waals surface area contributed by atoms with E-state index >= 15 is 0 Å². The first-order valence-corrected chi connectivity index (χ1v) is 11.6. The minimum absolute atomic E-state index is 0. The van der Waals surface area contributed by atoms with Crippen molar-refractivity contribution < 1.29 is 31.2 Å². The normalized spacial score (nSPS) is 14.0. The van der Waals surface area contributed by atoms with Gasteiger partial charge in [-0.1, -0.05) is 61.3 Å². The fourth-order valence-corrected chi connectivity index (χ4v) is 2.02. The molecule has 182 valence electrons. The maximum absolute atomic E-state index is 5.44. The van der Waals surface area contributed by atoms with Crippen LogP contribution < -0.4 is 0 Å². The van der Waals surface area contributed by atoms with Crippen LogP contribution in [0.25, 0.3) is 21.3 Å². The molecule has 0 aliphatic carbocycles. The van der Waals surface area contributed by atoms with Crippen molar-refractivity contribution in [2.45, 2.75) is 75.3 Å². The quantitative estimate of drug-likeness (QED) is 0.323. The Morgan fingerprint density at radius 2 is 1.16 bits per heavy atom. The summed E-state index contributed by atoms with van der Waals surface area (Å²) in [6.07, 6.45) is 1.62. The van der Waals surface area contributed by atoms with Crippen LogP contribution in [0.2, 0.25) is 0 Å². The van der Waals surface area contributed by atoms with Gasteiger partial charge < -0.3 is 30.7 Å². The van der Waals surface area contributed by atoms with E-state index in [1.807, 2.05) is 55.4 Å². The SMILES string of the molecule is CCOC1=CN=C(OCC)[C@@H](C(C)C)[N-]1.CC[N-]CC.CC[N-]CC.CC[N-]CC.[Ti+4]. The Hall–Kier alpha value is -0.596. The second-order valence-corrected chi connectivity index (χ2v) is 6.19. The van der Waals surface area contributed by atoms with Crippen LogP contribution in [0.4, 0.5) is 0 Å². The van der Waals surface area contributed by atoms with E-state index in [1.54, 1.807) is 6.20 Å². The van der Waals surface area contributed by atoms with E-state index in [2.05, 4.69) is 40.1 Å². The Kier molecular flexibility index (Phi) is 38.4. The summed E-state index contributed by atoms with van der Waals surface area (Å²) < 4.78 is 10.8. The summed E-state index contributed by atoms with van der Waals surface area (Å²) in [4.78, 5) is 4.24. The maximum Gasteiger partial charge on any atom is 4.00 e. The van der Waals surface area contributed by atoms with Gasteiger partial charge in [0.1, 0.15) is 0 Å². The van der Waals surface area contributed by atoms with Gasteiger partial charge in [-0.2, -0.15) is 39.3 Å². The number of rotatable bonds is 10. The predicted octanol–water partition coefficient (Wildman–Crippen LogP) is 6.87. The summed E-state index contributed by atoms with van der Waals surface area (Å²) in [5.41, 5.74) is 0. The average Bonchev–Trinajstić information content (AvgIpc) is 2.73. The smallest absolute Gasteiger partial charge is 0.663 e. The van der Waals surface area contributed by atoms with Crippen LogP contribution in [0.15, 0.2) is 17.1 Å². The summed E-state index contributed by atoms with van der Waals surface area (Å²) in [5.74, 6) is 1.65. The topological polar surface area (TPSA) is 87.2 Å². The molecule has 1 aliphatic rings. The van der Waals surface area contributed by atoms with E-state index in [-0.39, 0.29) is 27.8 Å². The first-order chi connectivity index (χ1) is 14.4. The van der Waals surface area contributed by atoms with E-state index < -0.39 is 0 Å². The first-order valence-electron chi connectivity index (χ1n) is 11.6. The van der Waals surface area contributed by atoms with Gasteiger partial charge >= 0.3 is 21.7 Å². The average molecular weight is 476 g/mol. The maximum atomic E-state index is 5.44. The molecule has 0 spiro atoms. The van der Waals surface area contributed by atoms with Crippen molar-refractivity contribution in [1.29, 1.82) is 0 Å². The van der Waals surface area contributed by atoms with Gasteiger partial charge in [-0.05, 0) is 19.9 Å². The van der Waals surface area contributed by atoms with Crippen LogP contribution in [-0.4, -0.2) is 64.4 Å². The zero-order valence-electron chi connectivity index (χ0n) is 21.9. The third-order valence-electron chi connectivity index (χ3n) is 3.38. The molecule has 0 N–H and O–H groups in total. The van der Waals surface area contributed by atoms with Crippen molar-refractivity contribution in [3.63, 3.8) is 0 Å². The number of nitrogens with zero attached hydrogens (tertiary/aromatic N) is 5. The molecule has 1 heterocycles. The van der Waals surface area contributed by atoms with E-state index in [4.69, 9.17) is 9.47 Å². The van der Waals surface area contributed by atoms with Gasteiger partial charge in [0, 0.05) is 5.88 Å². The summed E-state index contributed by atoms with van der Waals surface area (Å²) in [6.45, 7) is 27.4. The van der Waals surface area contributed by atoms with Gasteiger partial charge in [-0.3, -0.25) is 0 Å². The van der Waals surface area contributed by atoms with E-state index in [0.717, 1.165) is 39.3 Å². The van der Waals surface area contributed by atoms with Gasteiger partial charge in [-0.25, -0.2) is 4.99 Å². The van der Waals surface area contributed by atoms with Crippen LogP contribution in [0.5, 0.6) is 0 Å². The second-order valence-electron chi connectivity index (χ2n) is 6.19. The van der Waals surface area contributed by atoms with Crippen LogP contribution in [0.3, 0.4) is 0 Å². The number of ether oxygens (including phenoxy) is 2. The fraction of sp³-hybridized carbons (Fsp3) is 0.870. The second kappa shape index (κ2) is 31.6. The molecule has 0 bridgehead atoms. The number of hydrogen-bond donors (Lipinski definition) is 0. The summed E-state index contributed by atoms with van der Waals surface area (Å²) in [6, 6.07) is -0.0171. The molecular formula is C23H49N5O2Ti. The van der Waals surface area contributed by atoms with E-state index in [1.165, 1.54) is 0 Å². The molecule has 0 unspecified atom stereocenters. The molecule has 8 heteroatoms. The minimum Gasteiger partial charge on any atom is -0.663 e. The minimum atomic E-state index is -0.0171. The van der Waals surface area contributed by atoms with Crippen LogP contribution in [-0.2, 0) is 31.2 Å². The Morgan fingerprint density at radius 3 is 1.42 bits per heavy atom. The van der Waals surface area contributed by atoms with Crippen molar-refractivity contribution >= 4 is 5.90 Å². The van der Waals surface area contributed by atoms with E-state index in [0.29, 0.717) is 30.9 Å². The zero-order valence-corrected chi connectivity index (χ0v) is 23.5. The van der Waals surface area contributed by atoms with Crippen LogP contribution in [0, 0.1) is 5.92 Å². The van der Waals surface area contributed by atoms with Gasteiger partial charge in [-0.15, -0.1) is 0 Å². The third kappa shape index (κ3) is 27.4. The molecular weight excluding hydrogens is 426 g/mol. The molecule has 7 nitrogen and oxygen atoms in total. The summed E-state index contributed by atoms with van der Waals surface area (Å²) in [5, 5.41) is 16.4. The molecule has 0 amide bonds. The fourth-order valence-electron chi connectivity index (χ4n) is 2.02. The standard InChI is InChI=1S/C11H19N2O2.3C4H10N.Ti/c1-5-14-9-7-12-11(15-6-2)10(13-9)8(3)4;3*1-3-5-4-2;/h7-8,10H,5-6H2,1-4H3;3*3-4H2,1-2H3;/q4*-1;+4/t10-;;;;/m1..../s1. The van der Waals surface area contributed by atoms with Crippen molar-refractivity contribution in [1.82, 2.24) is 0 Å². The van der Waals surface area contributed by atoms with Crippen LogP contribution >= 0.6 is 0 Å². The Balaban J connectivity index is -0.000000189. The van der Waals surface area contributed by atoms with Crippen molar-refractivity contribution in [3.05, 3.63) is 33.4 Å². The molecule has 0 saturated carbocycles. The monoisotopic (exact) mass is 475 g/mol. The number of aliphatic imine (C=N–C) groups is 1. The van der Waals surface area contributed by atoms with Crippen molar-refractivity contribution in [2.75, 3.05) is 52.5 Å². The molecule has 0 fully saturated rings. The molecule has 0 aromatic heterocycles. The Labute approximate surface area is 208 Å². The predicted molar refractivity (Wildman–Crippen MR) is 134 cm³/mol.